The molecule has 0 saturated carbocycles. The molecular formula is C11H14OS2Se. The molecule has 1 nitrogen and oxygen atoms in total. The van der Waals surface area contributed by atoms with Gasteiger partial charge in [-0.2, -0.15) is 0 Å². The predicted molar refractivity (Wildman–Crippen MR) is 71.7 cm³/mol. The molecule has 0 atom stereocenters. The summed E-state index contributed by atoms with van der Waals surface area (Å²) in [6, 6.07) is 8.54. The molecule has 1 saturated heterocycles. The second kappa shape index (κ2) is 6.09. The summed E-state index contributed by atoms with van der Waals surface area (Å²) >= 11 is 4.85. The number of hydrogen-bond donors (Lipinski definition) is 0. The summed E-state index contributed by atoms with van der Waals surface area (Å²) < 4.78 is 7.46. The second-order valence-corrected chi connectivity index (χ2v) is 9.72. The monoisotopic (exact) mass is 306 g/mol. The summed E-state index contributed by atoms with van der Waals surface area (Å²) in [4.78, 5) is 0. The third kappa shape index (κ3) is 3.63. The maximum atomic E-state index is 5.16. The number of methoxy groups -OCH3 is 1. The second-order valence-electron chi connectivity index (χ2n) is 3.18. The van der Waals surface area contributed by atoms with Gasteiger partial charge in [-0.15, -0.1) is 0 Å². The van der Waals surface area contributed by atoms with Crippen molar-refractivity contribution in [2.45, 2.75) is 9.90 Å². The molecule has 0 amide bonds. The van der Waals surface area contributed by atoms with Crippen molar-refractivity contribution >= 4 is 42.9 Å². The summed E-state index contributed by atoms with van der Waals surface area (Å²) in [7, 11) is 1.72. The Morgan fingerprint density at radius 1 is 1.20 bits per heavy atom. The fraction of sp³-hybridized carbons (Fsp3) is 0.455. The molecule has 4 heteroatoms. The van der Waals surface area contributed by atoms with E-state index >= 15 is 0 Å². The average Bonchev–Trinajstić information content (AvgIpc) is 2.31. The first kappa shape index (κ1) is 11.7. The zero-order chi connectivity index (χ0) is 10.5. The van der Waals surface area contributed by atoms with E-state index in [0.29, 0.717) is 15.0 Å². The maximum absolute atomic E-state index is 5.16. The molecule has 1 fully saturated rings. The summed E-state index contributed by atoms with van der Waals surface area (Å²) in [5, 5.41) is 0. The summed E-state index contributed by atoms with van der Waals surface area (Å²) in [6.45, 7) is 0. The van der Waals surface area contributed by atoms with Crippen LogP contribution in [-0.2, 0) is 0 Å². The van der Waals surface area contributed by atoms with E-state index < -0.39 is 0 Å². The zero-order valence-electron chi connectivity index (χ0n) is 8.64. The van der Waals surface area contributed by atoms with Crippen molar-refractivity contribution < 1.29 is 4.74 Å². The van der Waals surface area contributed by atoms with Crippen LogP contribution in [0.3, 0.4) is 0 Å². The van der Waals surface area contributed by atoms with Gasteiger partial charge in [0.2, 0.25) is 0 Å². The van der Waals surface area contributed by atoms with E-state index in [-0.39, 0.29) is 0 Å². The van der Waals surface area contributed by atoms with E-state index in [1.165, 1.54) is 22.4 Å². The number of rotatable bonds is 3. The van der Waals surface area contributed by atoms with Gasteiger partial charge in [0.05, 0.1) is 0 Å². The molecular weight excluding hydrogens is 291 g/mol. The summed E-state index contributed by atoms with van der Waals surface area (Å²) in [5.41, 5.74) is 0. The van der Waals surface area contributed by atoms with Crippen molar-refractivity contribution in [3.05, 3.63) is 24.3 Å². The first-order valence-electron chi connectivity index (χ1n) is 4.92. The SMILES string of the molecule is COc1ccc([Se]C2SCCCS2)cc1. The van der Waals surface area contributed by atoms with Crippen molar-refractivity contribution in [3.8, 4) is 5.75 Å². The molecule has 0 spiro atoms. The fourth-order valence-electron chi connectivity index (χ4n) is 1.30. The molecule has 1 heterocycles. The first-order chi connectivity index (χ1) is 7.38. The van der Waals surface area contributed by atoms with Gasteiger partial charge >= 0.3 is 106 Å². The normalized spacial score (nSPS) is 17.7. The van der Waals surface area contributed by atoms with Crippen LogP contribution in [0.15, 0.2) is 24.3 Å². The van der Waals surface area contributed by atoms with Crippen LogP contribution in [0.25, 0.3) is 0 Å². The number of thioether (sulfide) groups is 2. The van der Waals surface area contributed by atoms with Gasteiger partial charge < -0.3 is 0 Å². The van der Waals surface area contributed by atoms with Crippen LogP contribution in [0.1, 0.15) is 6.42 Å². The van der Waals surface area contributed by atoms with E-state index in [4.69, 9.17) is 4.74 Å². The third-order valence-corrected chi connectivity index (χ3v) is 8.76. The standard InChI is InChI=1S/C11H14OS2Se/c1-12-9-3-5-10(6-4-9)15-11-13-7-2-8-14-11/h3-6,11H,2,7-8H2,1H3. The van der Waals surface area contributed by atoms with Gasteiger partial charge in [-0.05, 0) is 0 Å². The topological polar surface area (TPSA) is 9.23 Å². The van der Waals surface area contributed by atoms with Crippen LogP contribution in [0.5, 0.6) is 5.75 Å². The number of benzene rings is 1. The van der Waals surface area contributed by atoms with Crippen molar-refractivity contribution in [2.24, 2.45) is 0 Å². The number of hydrogen-bond acceptors (Lipinski definition) is 3. The number of ether oxygens (including phenoxy) is 1. The van der Waals surface area contributed by atoms with Crippen LogP contribution in [0.2, 0.25) is 0 Å². The third-order valence-electron chi connectivity index (χ3n) is 2.09. The Morgan fingerprint density at radius 2 is 1.87 bits per heavy atom. The van der Waals surface area contributed by atoms with Crippen LogP contribution < -0.4 is 9.20 Å². The fourth-order valence-corrected chi connectivity index (χ4v) is 7.89. The quantitative estimate of drug-likeness (QED) is 0.792. The van der Waals surface area contributed by atoms with Gasteiger partial charge in [-0.3, -0.25) is 0 Å². The molecule has 2 rings (SSSR count). The molecule has 0 radical (unpaired) electrons. The van der Waals surface area contributed by atoms with Crippen molar-refractivity contribution in [2.75, 3.05) is 18.6 Å². The summed E-state index contributed by atoms with van der Waals surface area (Å²) in [6.07, 6.45) is 1.38. The molecule has 82 valence electrons. The van der Waals surface area contributed by atoms with Crippen molar-refractivity contribution in [1.29, 1.82) is 0 Å². The molecule has 0 aliphatic carbocycles. The minimum atomic E-state index is 0.599. The van der Waals surface area contributed by atoms with Gasteiger partial charge in [-0.1, -0.05) is 0 Å². The summed E-state index contributed by atoms with van der Waals surface area (Å²) in [5.74, 6) is 3.64. The van der Waals surface area contributed by atoms with Crippen LogP contribution >= 0.6 is 23.5 Å². The molecule has 0 aromatic heterocycles. The average molecular weight is 305 g/mol. The van der Waals surface area contributed by atoms with Crippen LogP contribution in [0.4, 0.5) is 0 Å². The Hall–Kier alpha value is 0.239. The molecule has 0 unspecified atom stereocenters. The molecule has 15 heavy (non-hydrogen) atoms. The van der Waals surface area contributed by atoms with Crippen LogP contribution in [-0.4, -0.2) is 37.1 Å². The predicted octanol–water partition coefficient (Wildman–Crippen LogP) is 2.18. The van der Waals surface area contributed by atoms with Gasteiger partial charge in [0.15, 0.2) is 0 Å². The van der Waals surface area contributed by atoms with Gasteiger partial charge in [0, 0.05) is 0 Å². The van der Waals surface area contributed by atoms with Crippen molar-refractivity contribution in [1.82, 2.24) is 0 Å². The first-order valence-corrected chi connectivity index (χ1v) is 8.87. The Kier molecular flexibility index (Phi) is 4.76. The zero-order valence-corrected chi connectivity index (χ0v) is 12.0. The Morgan fingerprint density at radius 3 is 2.47 bits per heavy atom. The van der Waals surface area contributed by atoms with Gasteiger partial charge in [0.25, 0.3) is 0 Å². The molecule has 1 aromatic rings. The molecule has 1 aliphatic heterocycles. The van der Waals surface area contributed by atoms with E-state index in [9.17, 15) is 0 Å². The Balaban J connectivity index is 1.91. The van der Waals surface area contributed by atoms with E-state index in [0.717, 1.165) is 9.23 Å². The van der Waals surface area contributed by atoms with Crippen molar-refractivity contribution in [3.63, 3.8) is 0 Å². The van der Waals surface area contributed by atoms with E-state index in [2.05, 4.69) is 47.8 Å². The van der Waals surface area contributed by atoms with Crippen LogP contribution in [0, 0.1) is 0 Å². The molecule has 1 aliphatic rings. The Bertz CT molecular complexity index is 296. The minimum absolute atomic E-state index is 0.599. The van der Waals surface area contributed by atoms with E-state index in [1.54, 1.807) is 7.11 Å². The Labute approximate surface area is 106 Å². The van der Waals surface area contributed by atoms with E-state index in [1.807, 2.05) is 0 Å². The molecule has 0 bridgehead atoms. The van der Waals surface area contributed by atoms with Gasteiger partial charge in [-0.25, -0.2) is 0 Å². The molecule has 1 aromatic carbocycles. The van der Waals surface area contributed by atoms with Gasteiger partial charge in [0.1, 0.15) is 0 Å². The molecule has 0 N–H and O–H groups in total.